The summed E-state index contributed by atoms with van der Waals surface area (Å²) in [5.41, 5.74) is 3.43. The van der Waals surface area contributed by atoms with Crippen molar-refractivity contribution in [2.24, 2.45) is 0 Å². The van der Waals surface area contributed by atoms with Gasteiger partial charge in [-0.15, -0.1) is 0 Å². The molecule has 1 saturated carbocycles. The van der Waals surface area contributed by atoms with E-state index in [1.165, 1.54) is 24.8 Å². The largest absolute Gasteiger partial charge is 0.300 e. The SMILES string of the molecule is O=C1CCC2(CCCc3ccccc32)CC1. The topological polar surface area (TPSA) is 17.1 Å². The molecule has 0 bridgehead atoms. The first-order chi connectivity index (χ1) is 7.80. The molecule has 16 heavy (non-hydrogen) atoms. The smallest absolute Gasteiger partial charge is 0.132 e. The molecule has 84 valence electrons. The molecule has 2 aliphatic carbocycles. The van der Waals surface area contributed by atoms with E-state index in [4.69, 9.17) is 0 Å². The first kappa shape index (κ1) is 10.1. The molecular weight excluding hydrogens is 196 g/mol. The van der Waals surface area contributed by atoms with Crippen LogP contribution in [0.5, 0.6) is 0 Å². The van der Waals surface area contributed by atoms with E-state index in [9.17, 15) is 4.79 Å². The molecule has 1 aromatic rings. The van der Waals surface area contributed by atoms with Crippen LogP contribution in [0.25, 0.3) is 0 Å². The lowest BCUT2D eigenvalue weighted by atomic mass is 9.62. The molecule has 2 aliphatic rings. The van der Waals surface area contributed by atoms with Crippen molar-refractivity contribution in [2.45, 2.75) is 50.4 Å². The molecule has 0 saturated heterocycles. The predicted molar refractivity (Wildman–Crippen MR) is 64.5 cm³/mol. The number of carbonyl (C=O) groups excluding carboxylic acids is 1. The van der Waals surface area contributed by atoms with Crippen molar-refractivity contribution in [3.05, 3.63) is 35.4 Å². The number of benzene rings is 1. The van der Waals surface area contributed by atoms with Gasteiger partial charge in [0.15, 0.2) is 0 Å². The van der Waals surface area contributed by atoms with E-state index >= 15 is 0 Å². The van der Waals surface area contributed by atoms with Crippen LogP contribution in [-0.4, -0.2) is 5.78 Å². The lowest BCUT2D eigenvalue weighted by molar-refractivity contribution is -0.121. The fourth-order valence-corrected chi connectivity index (χ4v) is 3.53. The van der Waals surface area contributed by atoms with Gasteiger partial charge in [0.25, 0.3) is 0 Å². The first-order valence-corrected chi connectivity index (χ1v) is 6.40. The number of fused-ring (bicyclic) bond motifs is 2. The van der Waals surface area contributed by atoms with Crippen molar-refractivity contribution in [1.82, 2.24) is 0 Å². The summed E-state index contributed by atoms with van der Waals surface area (Å²) in [6.07, 6.45) is 7.59. The Bertz CT molecular complexity index is 409. The summed E-state index contributed by atoms with van der Waals surface area (Å²) in [5.74, 6) is 0.466. The van der Waals surface area contributed by atoms with E-state index in [1.807, 2.05) is 0 Å². The third-order valence-electron chi connectivity index (χ3n) is 4.45. The Morgan fingerprint density at radius 1 is 0.938 bits per heavy atom. The standard InChI is InChI=1S/C15H18O/c16-13-7-10-15(11-8-13)9-3-5-12-4-1-2-6-14(12)15/h1-2,4,6H,3,5,7-11H2. The summed E-state index contributed by atoms with van der Waals surface area (Å²) in [6, 6.07) is 8.87. The molecule has 0 radical (unpaired) electrons. The van der Waals surface area contributed by atoms with E-state index in [2.05, 4.69) is 24.3 Å². The third kappa shape index (κ3) is 1.50. The fraction of sp³-hybridized carbons (Fsp3) is 0.533. The summed E-state index contributed by atoms with van der Waals surface area (Å²) in [4.78, 5) is 11.4. The van der Waals surface area contributed by atoms with Crippen LogP contribution in [0.15, 0.2) is 24.3 Å². The zero-order valence-corrected chi connectivity index (χ0v) is 9.67. The minimum absolute atomic E-state index is 0.350. The molecule has 1 fully saturated rings. The second-order valence-electron chi connectivity index (χ2n) is 5.33. The Morgan fingerprint density at radius 3 is 2.50 bits per heavy atom. The van der Waals surface area contributed by atoms with Gasteiger partial charge in [-0.25, -0.2) is 0 Å². The maximum atomic E-state index is 11.4. The summed E-state index contributed by atoms with van der Waals surface area (Å²) in [7, 11) is 0. The number of Topliss-reactive ketones (excluding diaryl/α,β-unsaturated/α-hetero) is 1. The molecule has 0 aromatic heterocycles. The van der Waals surface area contributed by atoms with Crippen LogP contribution in [0.2, 0.25) is 0 Å². The molecule has 0 heterocycles. The van der Waals surface area contributed by atoms with E-state index in [0.29, 0.717) is 11.2 Å². The van der Waals surface area contributed by atoms with Gasteiger partial charge in [-0.05, 0) is 48.6 Å². The van der Waals surface area contributed by atoms with Crippen LogP contribution in [0.3, 0.4) is 0 Å². The summed E-state index contributed by atoms with van der Waals surface area (Å²) in [5, 5.41) is 0. The molecular formula is C15H18O. The monoisotopic (exact) mass is 214 g/mol. The Balaban J connectivity index is 2.00. The van der Waals surface area contributed by atoms with Gasteiger partial charge < -0.3 is 0 Å². The van der Waals surface area contributed by atoms with Crippen LogP contribution < -0.4 is 0 Å². The van der Waals surface area contributed by atoms with Crippen molar-refractivity contribution in [2.75, 3.05) is 0 Å². The summed E-state index contributed by atoms with van der Waals surface area (Å²) >= 11 is 0. The maximum absolute atomic E-state index is 11.4. The van der Waals surface area contributed by atoms with Crippen molar-refractivity contribution < 1.29 is 4.79 Å². The Kier molecular flexibility index (Phi) is 2.34. The van der Waals surface area contributed by atoms with Gasteiger partial charge in [0.2, 0.25) is 0 Å². The Labute approximate surface area is 96.9 Å². The average Bonchev–Trinajstić information content (AvgIpc) is 2.34. The summed E-state index contributed by atoms with van der Waals surface area (Å²) < 4.78 is 0. The third-order valence-corrected chi connectivity index (χ3v) is 4.45. The number of hydrogen-bond donors (Lipinski definition) is 0. The number of hydrogen-bond acceptors (Lipinski definition) is 1. The highest BCUT2D eigenvalue weighted by Gasteiger charge is 2.38. The number of rotatable bonds is 0. The van der Waals surface area contributed by atoms with Crippen LogP contribution in [0, 0.1) is 0 Å². The summed E-state index contributed by atoms with van der Waals surface area (Å²) in [6.45, 7) is 0. The van der Waals surface area contributed by atoms with Crippen molar-refractivity contribution in [3.8, 4) is 0 Å². The van der Waals surface area contributed by atoms with Crippen LogP contribution in [0.4, 0.5) is 0 Å². The molecule has 0 N–H and O–H groups in total. The second-order valence-corrected chi connectivity index (χ2v) is 5.33. The van der Waals surface area contributed by atoms with E-state index in [1.54, 1.807) is 5.56 Å². The molecule has 0 atom stereocenters. The van der Waals surface area contributed by atoms with Crippen molar-refractivity contribution in [3.63, 3.8) is 0 Å². The molecule has 0 amide bonds. The normalized spacial score (nSPS) is 23.1. The van der Waals surface area contributed by atoms with Gasteiger partial charge in [-0.3, -0.25) is 4.79 Å². The highest BCUT2D eigenvalue weighted by Crippen LogP contribution is 2.46. The van der Waals surface area contributed by atoms with E-state index in [0.717, 1.165) is 25.7 Å². The van der Waals surface area contributed by atoms with E-state index in [-0.39, 0.29) is 0 Å². The van der Waals surface area contributed by atoms with Crippen LogP contribution in [0.1, 0.15) is 49.7 Å². The zero-order chi connectivity index (χ0) is 11.0. The minimum Gasteiger partial charge on any atom is -0.300 e. The van der Waals surface area contributed by atoms with Gasteiger partial charge in [0, 0.05) is 12.8 Å². The molecule has 1 heteroatoms. The van der Waals surface area contributed by atoms with Crippen LogP contribution >= 0.6 is 0 Å². The molecule has 0 aliphatic heterocycles. The molecule has 3 rings (SSSR count). The molecule has 0 unspecified atom stereocenters. The second kappa shape index (κ2) is 3.73. The highest BCUT2D eigenvalue weighted by molar-refractivity contribution is 5.79. The zero-order valence-electron chi connectivity index (χ0n) is 9.67. The van der Waals surface area contributed by atoms with Crippen molar-refractivity contribution in [1.29, 1.82) is 0 Å². The predicted octanol–water partition coefficient (Wildman–Crippen LogP) is 3.40. The van der Waals surface area contributed by atoms with Gasteiger partial charge in [-0.1, -0.05) is 24.3 Å². The average molecular weight is 214 g/mol. The Morgan fingerprint density at radius 2 is 1.69 bits per heavy atom. The number of ketones is 1. The van der Waals surface area contributed by atoms with Crippen molar-refractivity contribution >= 4 is 5.78 Å². The fourth-order valence-electron chi connectivity index (χ4n) is 3.53. The molecule has 1 aromatic carbocycles. The van der Waals surface area contributed by atoms with Gasteiger partial charge in [0.1, 0.15) is 5.78 Å². The lowest BCUT2D eigenvalue weighted by Gasteiger charge is -2.41. The maximum Gasteiger partial charge on any atom is 0.132 e. The highest BCUT2D eigenvalue weighted by atomic mass is 16.1. The molecule has 1 nitrogen and oxygen atoms in total. The van der Waals surface area contributed by atoms with Gasteiger partial charge in [-0.2, -0.15) is 0 Å². The number of aryl methyl sites for hydroxylation is 1. The Hall–Kier alpha value is -1.11. The van der Waals surface area contributed by atoms with Crippen LogP contribution in [-0.2, 0) is 16.6 Å². The minimum atomic E-state index is 0.350. The van der Waals surface area contributed by atoms with Gasteiger partial charge >= 0.3 is 0 Å². The first-order valence-electron chi connectivity index (χ1n) is 6.40. The van der Waals surface area contributed by atoms with Gasteiger partial charge in [0.05, 0.1) is 0 Å². The quantitative estimate of drug-likeness (QED) is 0.647. The molecule has 1 spiro atoms. The number of carbonyl (C=O) groups is 1. The van der Waals surface area contributed by atoms with E-state index < -0.39 is 0 Å². The lowest BCUT2D eigenvalue weighted by Crippen LogP contribution is -2.35.